The predicted molar refractivity (Wildman–Crippen MR) is 71.1 cm³/mol. The minimum absolute atomic E-state index is 0.292. The van der Waals surface area contributed by atoms with Crippen molar-refractivity contribution < 1.29 is 19.5 Å². The van der Waals surface area contributed by atoms with Crippen LogP contribution in [0.25, 0.3) is 0 Å². The van der Waals surface area contributed by atoms with Crippen molar-refractivity contribution >= 4 is 17.8 Å². The van der Waals surface area contributed by atoms with Gasteiger partial charge in [0.15, 0.2) is 0 Å². The van der Waals surface area contributed by atoms with E-state index in [0.717, 1.165) is 0 Å². The van der Waals surface area contributed by atoms with Crippen molar-refractivity contribution in [3.05, 3.63) is 47.5 Å². The van der Waals surface area contributed by atoms with Gasteiger partial charge in [-0.2, -0.15) is 0 Å². The molecule has 6 nitrogen and oxygen atoms in total. The van der Waals surface area contributed by atoms with E-state index in [0.29, 0.717) is 17.5 Å². The molecule has 1 aromatic carbocycles. The normalized spacial score (nSPS) is 20.6. The zero-order valence-electron chi connectivity index (χ0n) is 10.6. The highest BCUT2D eigenvalue weighted by molar-refractivity contribution is 5.97. The molecule has 104 valence electrons. The molecule has 6 heteroatoms. The maximum atomic E-state index is 11.9. The number of nitrogens with one attached hydrogen (secondary N) is 1. The van der Waals surface area contributed by atoms with Crippen molar-refractivity contribution in [3.8, 4) is 0 Å². The van der Waals surface area contributed by atoms with Crippen LogP contribution in [0.1, 0.15) is 27.1 Å². The number of carboxylic acids is 1. The number of aliphatic carboxylic acids is 1. The Kier molecular flexibility index (Phi) is 3.84. The number of carbonyl (C=O) groups excluding carboxylic acids is 2. The number of hydrogen-bond acceptors (Lipinski definition) is 3. The molecule has 4 N–H and O–H groups in total. The summed E-state index contributed by atoms with van der Waals surface area (Å²) in [5, 5.41) is 11.6. The van der Waals surface area contributed by atoms with E-state index in [1.54, 1.807) is 12.2 Å². The fourth-order valence-electron chi connectivity index (χ4n) is 2.03. The van der Waals surface area contributed by atoms with Gasteiger partial charge >= 0.3 is 5.97 Å². The lowest BCUT2D eigenvalue weighted by molar-refractivity contribution is -0.140. The summed E-state index contributed by atoms with van der Waals surface area (Å²) in [5.41, 5.74) is 5.83. The average Bonchev–Trinajstić information content (AvgIpc) is 2.87. The minimum atomic E-state index is -0.899. The highest BCUT2D eigenvalue weighted by atomic mass is 16.4. The Morgan fingerprint density at radius 2 is 1.70 bits per heavy atom. The van der Waals surface area contributed by atoms with Gasteiger partial charge in [-0.1, -0.05) is 12.2 Å². The first-order chi connectivity index (χ1) is 9.47. The van der Waals surface area contributed by atoms with Crippen molar-refractivity contribution in [3.63, 3.8) is 0 Å². The Balaban J connectivity index is 1.97. The molecule has 1 aliphatic rings. The second-order valence-corrected chi connectivity index (χ2v) is 4.59. The molecule has 0 heterocycles. The van der Waals surface area contributed by atoms with Crippen LogP contribution in [0.2, 0.25) is 0 Å². The van der Waals surface area contributed by atoms with E-state index in [2.05, 4.69) is 5.32 Å². The third-order valence-corrected chi connectivity index (χ3v) is 3.15. The topological polar surface area (TPSA) is 109 Å². The predicted octanol–water partition coefficient (Wildman–Crippen LogP) is 0.545. The molecule has 1 aliphatic carbocycles. The van der Waals surface area contributed by atoms with E-state index in [-0.39, 0.29) is 11.9 Å². The maximum Gasteiger partial charge on any atom is 0.310 e. The van der Waals surface area contributed by atoms with E-state index in [9.17, 15) is 14.4 Å². The van der Waals surface area contributed by atoms with E-state index < -0.39 is 17.8 Å². The van der Waals surface area contributed by atoms with Gasteiger partial charge in [-0.3, -0.25) is 14.4 Å². The Hall–Kier alpha value is -2.63. The molecule has 2 rings (SSSR count). The first kappa shape index (κ1) is 13.8. The van der Waals surface area contributed by atoms with Crippen LogP contribution in [0, 0.1) is 5.92 Å². The van der Waals surface area contributed by atoms with Gasteiger partial charge in [0.05, 0.1) is 5.92 Å². The van der Waals surface area contributed by atoms with Gasteiger partial charge < -0.3 is 16.2 Å². The molecule has 2 amide bonds. The number of carbonyl (C=O) groups is 3. The molecule has 0 aliphatic heterocycles. The standard InChI is InChI=1S/C14H14N2O4/c15-12(17)8-1-3-9(4-2-8)13(18)16-11-6-5-10(7-11)14(19)20/h1-6,10-11H,7H2,(H2,15,17)(H,16,18)(H,19,20). The maximum absolute atomic E-state index is 11.9. The lowest BCUT2D eigenvalue weighted by atomic mass is 10.1. The van der Waals surface area contributed by atoms with Crippen LogP contribution in [0.4, 0.5) is 0 Å². The molecule has 0 bridgehead atoms. The summed E-state index contributed by atoms with van der Waals surface area (Å²) in [5.74, 6) is -2.33. The summed E-state index contributed by atoms with van der Waals surface area (Å²) in [6.07, 6.45) is 3.60. The molecular weight excluding hydrogens is 260 g/mol. The highest BCUT2D eigenvalue weighted by Gasteiger charge is 2.25. The van der Waals surface area contributed by atoms with Gasteiger partial charge in [0, 0.05) is 17.2 Å². The summed E-state index contributed by atoms with van der Waals surface area (Å²) in [6.45, 7) is 0. The SMILES string of the molecule is NC(=O)c1ccc(C(=O)NC2C=CC(C(=O)O)C2)cc1. The average molecular weight is 274 g/mol. The Bertz CT molecular complexity index is 577. The summed E-state index contributed by atoms with van der Waals surface area (Å²) in [4.78, 5) is 33.7. The van der Waals surface area contributed by atoms with Crippen LogP contribution < -0.4 is 11.1 Å². The van der Waals surface area contributed by atoms with Crippen molar-refractivity contribution in [1.82, 2.24) is 5.32 Å². The van der Waals surface area contributed by atoms with E-state index in [1.807, 2.05) is 0 Å². The number of hydrogen-bond donors (Lipinski definition) is 3. The van der Waals surface area contributed by atoms with Crippen LogP contribution in [0.15, 0.2) is 36.4 Å². The van der Waals surface area contributed by atoms with Crippen molar-refractivity contribution in [2.75, 3.05) is 0 Å². The molecular formula is C14H14N2O4. The van der Waals surface area contributed by atoms with Gasteiger partial charge in [-0.15, -0.1) is 0 Å². The van der Waals surface area contributed by atoms with Crippen LogP contribution >= 0.6 is 0 Å². The largest absolute Gasteiger partial charge is 0.481 e. The summed E-state index contributed by atoms with van der Waals surface area (Å²) in [6, 6.07) is 5.66. The molecule has 2 atom stereocenters. The first-order valence-electron chi connectivity index (χ1n) is 6.09. The van der Waals surface area contributed by atoms with Gasteiger partial charge in [-0.25, -0.2) is 0 Å². The van der Waals surface area contributed by atoms with Crippen molar-refractivity contribution in [2.24, 2.45) is 11.7 Å². The lowest BCUT2D eigenvalue weighted by Crippen LogP contribution is -2.33. The summed E-state index contributed by atoms with van der Waals surface area (Å²) >= 11 is 0. The number of carboxylic acid groups (broad SMARTS) is 1. The van der Waals surface area contributed by atoms with Gasteiger partial charge in [0.1, 0.15) is 0 Å². The number of rotatable bonds is 4. The Morgan fingerprint density at radius 1 is 1.10 bits per heavy atom. The summed E-state index contributed by atoms with van der Waals surface area (Å²) in [7, 11) is 0. The number of amides is 2. The molecule has 0 radical (unpaired) electrons. The smallest absolute Gasteiger partial charge is 0.310 e. The van der Waals surface area contributed by atoms with Gasteiger partial charge in [-0.05, 0) is 30.7 Å². The number of benzene rings is 1. The van der Waals surface area contributed by atoms with Crippen molar-refractivity contribution in [2.45, 2.75) is 12.5 Å². The van der Waals surface area contributed by atoms with E-state index in [1.165, 1.54) is 24.3 Å². The zero-order valence-corrected chi connectivity index (χ0v) is 10.6. The van der Waals surface area contributed by atoms with E-state index in [4.69, 9.17) is 10.8 Å². The highest BCUT2D eigenvalue weighted by Crippen LogP contribution is 2.18. The molecule has 0 aromatic heterocycles. The molecule has 20 heavy (non-hydrogen) atoms. The van der Waals surface area contributed by atoms with Crippen LogP contribution in [-0.2, 0) is 4.79 Å². The number of primary amides is 1. The van der Waals surface area contributed by atoms with Gasteiger partial charge in [0.2, 0.25) is 5.91 Å². The third-order valence-electron chi connectivity index (χ3n) is 3.15. The fraction of sp³-hybridized carbons (Fsp3) is 0.214. The molecule has 0 fully saturated rings. The molecule has 0 saturated carbocycles. The number of nitrogens with two attached hydrogens (primary N) is 1. The van der Waals surface area contributed by atoms with Gasteiger partial charge in [0.25, 0.3) is 5.91 Å². The molecule has 2 unspecified atom stereocenters. The first-order valence-corrected chi connectivity index (χ1v) is 6.09. The van der Waals surface area contributed by atoms with Crippen LogP contribution in [-0.4, -0.2) is 28.9 Å². The Labute approximate surface area is 115 Å². The summed E-state index contributed by atoms with van der Waals surface area (Å²) < 4.78 is 0. The van der Waals surface area contributed by atoms with Crippen LogP contribution in [0.3, 0.4) is 0 Å². The second kappa shape index (κ2) is 5.56. The molecule has 0 saturated heterocycles. The Morgan fingerprint density at radius 3 is 2.20 bits per heavy atom. The molecule has 0 spiro atoms. The molecule has 1 aromatic rings. The quantitative estimate of drug-likeness (QED) is 0.696. The fourth-order valence-corrected chi connectivity index (χ4v) is 2.03. The monoisotopic (exact) mass is 274 g/mol. The second-order valence-electron chi connectivity index (χ2n) is 4.59. The zero-order chi connectivity index (χ0) is 14.7. The minimum Gasteiger partial charge on any atom is -0.481 e. The lowest BCUT2D eigenvalue weighted by Gasteiger charge is -2.12. The third kappa shape index (κ3) is 3.03. The van der Waals surface area contributed by atoms with E-state index >= 15 is 0 Å². The van der Waals surface area contributed by atoms with Crippen molar-refractivity contribution in [1.29, 1.82) is 0 Å². The van der Waals surface area contributed by atoms with Crippen LogP contribution in [0.5, 0.6) is 0 Å².